The minimum Gasteiger partial charge on any atom is -0.343 e. The second kappa shape index (κ2) is 6.45. The highest BCUT2D eigenvalue weighted by Crippen LogP contribution is 2.15. The van der Waals surface area contributed by atoms with Crippen LogP contribution in [0.4, 0.5) is 10.1 Å². The molecule has 2 aromatic rings. The second-order valence-electron chi connectivity index (χ2n) is 4.44. The van der Waals surface area contributed by atoms with Gasteiger partial charge in [-0.05, 0) is 37.6 Å². The van der Waals surface area contributed by atoms with Crippen LogP contribution in [0.2, 0.25) is 0 Å². The van der Waals surface area contributed by atoms with Crippen molar-refractivity contribution in [3.05, 3.63) is 45.7 Å². The minimum atomic E-state index is -0.786. The van der Waals surface area contributed by atoms with Crippen LogP contribution in [-0.4, -0.2) is 16.8 Å². The van der Waals surface area contributed by atoms with Crippen LogP contribution in [0.3, 0.4) is 0 Å². The Hall–Kier alpha value is -2.28. The molecule has 0 saturated heterocycles. The topological polar surface area (TPSA) is 71.1 Å². The first-order chi connectivity index (χ1) is 9.95. The average molecular weight is 307 g/mol. The van der Waals surface area contributed by atoms with Gasteiger partial charge in [0.25, 0.3) is 0 Å². The van der Waals surface area contributed by atoms with E-state index in [0.717, 1.165) is 9.88 Å². The van der Waals surface area contributed by atoms with Gasteiger partial charge >= 0.3 is 11.8 Å². The number of aryl methyl sites for hydroxylation is 2. The molecule has 7 heteroatoms. The van der Waals surface area contributed by atoms with Gasteiger partial charge in [0.1, 0.15) is 5.82 Å². The number of nitrogens with one attached hydrogen (secondary N) is 2. The maximum atomic E-state index is 13.0. The fourth-order valence-corrected chi connectivity index (χ4v) is 2.42. The third-order valence-corrected chi connectivity index (χ3v) is 3.65. The summed E-state index contributed by atoms with van der Waals surface area (Å²) >= 11 is 1.45. The highest BCUT2D eigenvalue weighted by Gasteiger charge is 2.14. The Kier molecular flexibility index (Phi) is 4.64. The molecule has 1 heterocycles. The Morgan fingerprint density at radius 1 is 1.29 bits per heavy atom. The lowest BCUT2D eigenvalue weighted by Crippen LogP contribution is -2.34. The molecule has 1 aromatic carbocycles. The number of hydrogen-bond donors (Lipinski definition) is 2. The second-order valence-corrected chi connectivity index (χ2v) is 5.76. The molecule has 110 valence electrons. The van der Waals surface area contributed by atoms with Crippen LogP contribution in [0.15, 0.2) is 24.4 Å². The zero-order valence-electron chi connectivity index (χ0n) is 11.6. The van der Waals surface area contributed by atoms with Crippen molar-refractivity contribution in [2.75, 3.05) is 5.32 Å². The van der Waals surface area contributed by atoms with Gasteiger partial charge in [0.05, 0.1) is 11.6 Å². The predicted molar refractivity (Wildman–Crippen MR) is 78.5 cm³/mol. The van der Waals surface area contributed by atoms with Crippen molar-refractivity contribution in [1.82, 2.24) is 10.3 Å². The molecule has 0 aliphatic heterocycles. The summed E-state index contributed by atoms with van der Waals surface area (Å²) in [5.74, 6) is -1.92. The first-order valence-corrected chi connectivity index (χ1v) is 7.04. The van der Waals surface area contributed by atoms with Crippen LogP contribution in [-0.2, 0) is 16.1 Å². The number of amides is 2. The van der Waals surface area contributed by atoms with E-state index in [9.17, 15) is 14.0 Å². The number of carbonyl (C=O) groups excluding carboxylic acids is 2. The summed E-state index contributed by atoms with van der Waals surface area (Å²) in [6.07, 6.45) is 1.66. The molecule has 0 spiro atoms. The molecule has 5 nitrogen and oxygen atoms in total. The number of carbonyl (C=O) groups is 2. The quantitative estimate of drug-likeness (QED) is 0.854. The van der Waals surface area contributed by atoms with Gasteiger partial charge in [0.15, 0.2) is 0 Å². The molecule has 0 aliphatic rings. The normalized spacial score (nSPS) is 10.2. The average Bonchev–Trinajstić information content (AvgIpc) is 2.85. The lowest BCUT2D eigenvalue weighted by atomic mass is 10.2. The Bertz CT molecular complexity index is 685. The van der Waals surface area contributed by atoms with Gasteiger partial charge in [-0.2, -0.15) is 0 Å². The number of nitrogens with zero attached hydrogens (tertiary/aromatic N) is 1. The third kappa shape index (κ3) is 4.09. The van der Waals surface area contributed by atoms with Crippen LogP contribution in [0.25, 0.3) is 0 Å². The van der Waals surface area contributed by atoms with Gasteiger partial charge in [-0.3, -0.25) is 9.59 Å². The first-order valence-electron chi connectivity index (χ1n) is 6.22. The fourth-order valence-electron chi connectivity index (χ4n) is 1.68. The van der Waals surface area contributed by atoms with E-state index >= 15 is 0 Å². The Balaban J connectivity index is 1.91. The molecular weight excluding hydrogens is 293 g/mol. The zero-order valence-corrected chi connectivity index (χ0v) is 12.4. The van der Waals surface area contributed by atoms with Crippen LogP contribution >= 0.6 is 11.3 Å². The number of rotatable bonds is 3. The minimum absolute atomic E-state index is 0.250. The summed E-state index contributed by atoms with van der Waals surface area (Å²) < 4.78 is 13.0. The number of halogens is 1. The summed E-state index contributed by atoms with van der Waals surface area (Å²) in [6.45, 7) is 3.76. The first kappa shape index (κ1) is 15.1. The molecule has 2 amide bonds. The number of thiazole rings is 1. The van der Waals surface area contributed by atoms with Crippen LogP contribution in [0.5, 0.6) is 0 Å². The van der Waals surface area contributed by atoms with Gasteiger partial charge in [0, 0.05) is 16.8 Å². The highest BCUT2D eigenvalue weighted by atomic mass is 32.1. The molecular formula is C14H14FN3O2S. The molecule has 0 fully saturated rings. The molecule has 0 atom stereocenters. The summed E-state index contributed by atoms with van der Waals surface area (Å²) in [5, 5.41) is 5.85. The van der Waals surface area contributed by atoms with E-state index in [1.165, 1.54) is 29.5 Å². The van der Waals surface area contributed by atoms with Gasteiger partial charge in [-0.1, -0.05) is 0 Å². The van der Waals surface area contributed by atoms with Crippen molar-refractivity contribution in [3.63, 3.8) is 0 Å². The van der Waals surface area contributed by atoms with Crippen molar-refractivity contribution in [1.29, 1.82) is 0 Å². The van der Waals surface area contributed by atoms with E-state index in [0.29, 0.717) is 11.3 Å². The lowest BCUT2D eigenvalue weighted by molar-refractivity contribution is -0.136. The van der Waals surface area contributed by atoms with E-state index < -0.39 is 17.6 Å². The monoisotopic (exact) mass is 307 g/mol. The van der Waals surface area contributed by atoms with Gasteiger partial charge in [-0.25, -0.2) is 9.37 Å². The number of hydrogen-bond acceptors (Lipinski definition) is 4. The summed E-state index contributed by atoms with van der Waals surface area (Å²) in [4.78, 5) is 28.4. The molecule has 2 N–H and O–H groups in total. The zero-order chi connectivity index (χ0) is 15.4. The van der Waals surface area contributed by atoms with Crippen molar-refractivity contribution >= 4 is 28.8 Å². The largest absolute Gasteiger partial charge is 0.343 e. The maximum absolute atomic E-state index is 13.0. The summed E-state index contributed by atoms with van der Waals surface area (Å²) in [5.41, 5.74) is 0.958. The smallest absolute Gasteiger partial charge is 0.313 e. The molecule has 0 bridgehead atoms. The van der Waals surface area contributed by atoms with Gasteiger partial charge in [0.2, 0.25) is 0 Å². The summed E-state index contributed by atoms with van der Waals surface area (Å²) in [6, 6.07) is 3.93. The van der Waals surface area contributed by atoms with Gasteiger partial charge < -0.3 is 10.6 Å². The van der Waals surface area contributed by atoms with E-state index in [1.807, 2.05) is 6.92 Å². The maximum Gasteiger partial charge on any atom is 0.313 e. The van der Waals surface area contributed by atoms with Crippen LogP contribution in [0.1, 0.15) is 15.4 Å². The molecule has 0 radical (unpaired) electrons. The molecule has 0 unspecified atom stereocenters. The van der Waals surface area contributed by atoms with Crippen LogP contribution < -0.4 is 10.6 Å². The SMILES string of the molecule is Cc1ncc(CNC(=O)C(=O)Nc2ccc(F)cc2C)s1. The number of benzene rings is 1. The Labute approximate surface area is 125 Å². The molecule has 0 saturated carbocycles. The highest BCUT2D eigenvalue weighted by molar-refractivity contribution is 7.11. The molecule has 0 aliphatic carbocycles. The van der Waals surface area contributed by atoms with Crippen molar-refractivity contribution in [2.24, 2.45) is 0 Å². The van der Waals surface area contributed by atoms with E-state index in [-0.39, 0.29) is 6.54 Å². The number of anilines is 1. The fraction of sp³-hybridized carbons (Fsp3) is 0.214. The number of aromatic nitrogens is 1. The van der Waals surface area contributed by atoms with Gasteiger partial charge in [-0.15, -0.1) is 11.3 Å². The molecule has 2 rings (SSSR count). The van der Waals surface area contributed by atoms with Crippen LogP contribution in [0, 0.1) is 19.7 Å². The third-order valence-electron chi connectivity index (χ3n) is 2.74. The predicted octanol–water partition coefficient (Wildman–Crippen LogP) is 2.15. The van der Waals surface area contributed by atoms with Crippen molar-refractivity contribution in [2.45, 2.75) is 20.4 Å². The van der Waals surface area contributed by atoms with E-state index in [2.05, 4.69) is 15.6 Å². The van der Waals surface area contributed by atoms with E-state index in [4.69, 9.17) is 0 Å². The Morgan fingerprint density at radius 3 is 2.67 bits per heavy atom. The van der Waals surface area contributed by atoms with E-state index in [1.54, 1.807) is 13.1 Å². The Morgan fingerprint density at radius 2 is 2.05 bits per heavy atom. The van der Waals surface area contributed by atoms with Crippen molar-refractivity contribution < 1.29 is 14.0 Å². The lowest BCUT2D eigenvalue weighted by Gasteiger charge is -2.08. The summed E-state index contributed by atoms with van der Waals surface area (Å²) in [7, 11) is 0. The van der Waals surface area contributed by atoms with Crippen molar-refractivity contribution in [3.8, 4) is 0 Å². The standard InChI is InChI=1S/C14H14FN3O2S/c1-8-5-10(15)3-4-12(8)18-14(20)13(19)17-7-11-6-16-9(2)21-11/h3-6H,7H2,1-2H3,(H,17,19)(H,18,20). The molecule has 21 heavy (non-hydrogen) atoms. The molecule has 1 aromatic heterocycles.